The van der Waals surface area contributed by atoms with E-state index in [1.54, 1.807) is 12.1 Å². The van der Waals surface area contributed by atoms with E-state index in [9.17, 15) is 4.39 Å². The number of hydrogen-bond donors (Lipinski definition) is 0. The second-order valence-electron chi connectivity index (χ2n) is 3.84. The molecule has 98 valence electrons. The van der Waals surface area contributed by atoms with Gasteiger partial charge in [0, 0.05) is 5.56 Å². The van der Waals surface area contributed by atoms with E-state index in [0.717, 1.165) is 11.8 Å². The highest BCUT2D eigenvalue weighted by Crippen LogP contribution is 2.22. The van der Waals surface area contributed by atoms with E-state index in [1.165, 1.54) is 0 Å². The van der Waals surface area contributed by atoms with Gasteiger partial charge in [-0.15, -0.1) is 6.58 Å². The van der Waals surface area contributed by atoms with Crippen LogP contribution in [0.15, 0.2) is 43.1 Å². The zero-order valence-electron chi connectivity index (χ0n) is 10.1. The highest BCUT2D eigenvalue weighted by molar-refractivity contribution is 6.28. The van der Waals surface area contributed by atoms with Crippen molar-refractivity contribution in [2.24, 2.45) is 0 Å². The summed E-state index contributed by atoms with van der Waals surface area (Å²) < 4.78 is 19.0. The largest absolute Gasteiger partial charge is 0.373 e. The van der Waals surface area contributed by atoms with Crippen LogP contribution in [0.2, 0.25) is 5.28 Å². The maximum absolute atomic E-state index is 13.7. The van der Waals surface area contributed by atoms with E-state index in [0.29, 0.717) is 18.8 Å². The van der Waals surface area contributed by atoms with Gasteiger partial charge >= 0.3 is 0 Å². The van der Waals surface area contributed by atoms with E-state index >= 15 is 0 Å². The molecule has 0 fully saturated rings. The molecule has 0 saturated heterocycles. The molecule has 0 amide bonds. The molecule has 0 aliphatic carbocycles. The monoisotopic (exact) mass is 278 g/mol. The number of benzene rings is 1. The summed E-state index contributed by atoms with van der Waals surface area (Å²) in [5.41, 5.74) is 1.75. The molecule has 0 aliphatic rings. The van der Waals surface area contributed by atoms with Crippen LogP contribution in [0.5, 0.6) is 0 Å². The van der Waals surface area contributed by atoms with Gasteiger partial charge in [0.15, 0.2) is 5.82 Å². The van der Waals surface area contributed by atoms with E-state index in [-0.39, 0.29) is 11.0 Å². The minimum absolute atomic E-state index is 0.0183. The standard InChI is InChI=1S/C14H12ClFN2O/c1-2-6-19-9-10-4-3-5-11(7-10)13-12(16)8-17-14(15)18-13/h2-5,7-8H,1,6,9H2. The van der Waals surface area contributed by atoms with E-state index in [2.05, 4.69) is 16.5 Å². The fourth-order valence-electron chi connectivity index (χ4n) is 1.62. The SMILES string of the molecule is C=CCOCc1cccc(-c2nc(Cl)ncc2F)c1. The van der Waals surface area contributed by atoms with Crippen LogP contribution in [-0.4, -0.2) is 16.6 Å². The predicted octanol–water partition coefficient (Wildman–Crippen LogP) is 3.64. The first-order valence-electron chi connectivity index (χ1n) is 5.66. The highest BCUT2D eigenvalue weighted by Gasteiger charge is 2.09. The zero-order valence-corrected chi connectivity index (χ0v) is 10.9. The van der Waals surface area contributed by atoms with Crippen LogP contribution in [0.1, 0.15) is 5.56 Å². The van der Waals surface area contributed by atoms with Gasteiger partial charge in [-0.3, -0.25) is 0 Å². The fraction of sp³-hybridized carbons (Fsp3) is 0.143. The molecule has 1 aromatic carbocycles. The Kier molecular flexibility index (Phi) is 4.60. The van der Waals surface area contributed by atoms with E-state index in [1.807, 2.05) is 18.2 Å². The summed E-state index contributed by atoms with van der Waals surface area (Å²) in [6.45, 7) is 4.47. The molecule has 3 nitrogen and oxygen atoms in total. The van der Waals surface area contributed by atoms with Crippen LogP contribution in [-0.2, 0) is 11.3 Å². The summed E-state index contributed by atoms with van der Waals surface area (Å²) in [7, 11) is 0. The lowest BCUT2D eigenvalue weighted by molar-refractivity contribution is 0.149. The molecule has 0 saturated carbocycles. The Morgan fingerprint density at radius 3 is 3.05 bits per heavy atom. The molecule has 0 spiro atoms. The van der Waals surface area contributed by atoms with Crippen molar-refractivity contribution >= 4 is 11.6 Å². The second-order valence-corrected chi connectivity index (χ2v) is 4.18. The molecule has 0 bridgehead atoms. The molecule has 0 atom stereocenters. The predicted molar refractivity (Wildman–Crippen MR) is 72.3 cm³/mol. The fourth-order valence-corrected chi connectivity index (χ4v) is 1.75. The van der Waals surface area contributed by atoms with Crippen LogP contribution < -0.4 is 0 Å². The molecule has 5 heteroatoms. The molecular weight excluding hydrogens is 267 g/mol. The van der Waals surface area contributed by atoms with Crippen LogP contribution in [0, 0.1) is 5.82 Å². The van der Waals surface area contributed by atoms with E-state index < -0.39 is 5.82 Å². The molecule has 0 radical (unpaired) electrons. The van der Waals surface area contributed by atoms with Crippen molar-refractivity contribution in [2.75, 3.05) is 6.61 Å². The number of nitrogens with zero attached hydrogens (tertiary/aromatic N) is 2. The highest BCUT2D eigenvalue weighted by atomic mass is 35.5. The minimum Gasteiger partial charge on any atom is -0.373 e. The first-order chi connectivity index (χ1) is 9.20. The van der Waals surface area contributed by atoms with Gasteiger partial charge < -0.3 is 4.74 Å². The average Bonchev–Trinajstić information content (AvgIpc) is 2.42. The Morgan fingerprint density at radius 2 is 2.26 bits per heavy atom. The summed E-state index contributed by atoms with van der Waals surface area (Å²) in [5.74, 6) is -0.506. The molecule has 0 aliphatic heterocycles. The van der Waals surface area contributed by atoms with Crippen molar-refractivity contribution in [3.63, 3.8) is 0 Å². The number of hydrogen-bond acceptors (Lipinski definition) is 3. The summed E-state index contributed by atoms with van der Waals surface area (Å²) in [6.07, 6.45) is 2.74. The molecule has 2 rings (SSSR count). The van der Waals surface area contributed by atoms with Crippen molar-refractivity contribution in [2.45, 2.75) is 6.61 Å². The van der Waals surface area contributed by atoms with Gasteiger partial charge in [-0.2, -0.15) is 0 Å². The number of halogens is 2. The molecule has 19 heavy (non-hydrogen) atoms. The van der Waals surface area contributed by atoms with Gasteiger partial charge in [0.2, 0.25) is 5.28 Å². The maximum Gasteiger partial charge on any atom is 0.223 e. The van der Waals surface area contributed by atoms with Crippen LogP contribution >= 0.6 is 11.6 Å². The van der Waals surface area contributed by atoms with E-state index in [4.69, 9.17) is 16.3 Å². The Bertz CT molecular complexity index is 589. The first-order valence-corrected chi connectivity index (χ1v) is 6.04. The molecule has 0 N–H and O–H groups in total. The molecule has 1 heterocycles. The Hall–Kier alpha value is -1.78. The second kappa shape index (κ2) is 6.41. The summed E-state index contributed by atoms with van der Waals surface area (Å²) in [4.78, 5) is 7.49. The van der Waals surface area contributed by atoms with Gasteiger partial charge in [-0.25, -0.2) is 14.4 Å². The number of rotatable bonds is 5. The smallest absolute Gasteiger partial charge is 0.223 e. The average molecular weight is 279 g/mol. The summed E-state index contributed by atoms with van der Waals surface area (Å²) in [6, 6.07) is 7.29. The number of ether oxygens (including phenoxy) is 1. The van der Waals surface area contributed by atoms with Gasteiger partial charge in [0.1, 0.15) is 5.69 Å². The van der Waals surface area contributed by atoms with Crippen LogP contribution in [0.25, 0.3) is 11.3 Å². The van der Waals surface area contributed by atoms with Gasteiger partial charge in [0.05, 0.1) is 19.4 Å². The molecule has 2 aromatic rings. The summed E-state index contributed by atoms with van der Waals surface area (Å²) >= 11 is 5.68. The van der Waals surface area contributed by atoms with Gasteiger partial charge in [0.25, 0.3) is 0 Å². The quantitative estimate of drug-likeness (QED) is 0.476. The normalized spacial score (nSPS) is 10.4. The third kappa shape index (κ3) is 3.59. The van der Waals surface area contributed by atoms with Crippen LogP contribution in [0.4, 0.5) is 4.39 Å². The van der Waals surface area contributed by atoms with Crippen molar-refractivity contribution in [1.82, 2.24) is 9.97 Å². The van der Waals surface area contributed by atoms with Crippen molar-refractivity contribution < 1.29 is 9.13 Å². The Labute approximate surface area is 115 Å². The van der Waals surface area contributed by atoms with Crippen LogP contribution in [0.3, 0.4) is 0 Å². The number of aromatic nitrogens is 2. The third-order valence-corrected chi connectivity index (χ3v) is 2.60. The summed E-state index contributed by atoms with van der Waals surface area (Å²) in [5, 5.41) is 0.0183. The maximum atomic E-state index is 13.7. The lowest BCUT2D eigenvalue weighted by atomic mass is 10.1. The molecule has 0 unspecified atom stereocenters. The minimum atomic E-state index is -0.506. The first kappa shape index (κ1) is 13.6. The lowest BCUT2D eigenvalue weighted by Crippen LogP contribution is -1.95. The van der Waals surface area contributed by atoms with Crippen molar-refractivity contribution in [1.29, 1.82) is 0 Å². The zero-order chi connectivity index (χ0) is 13.7. The van der Waals surface area contributed by atoms with Crippen molar-refractivity contribution in [3.05, 3.63) is 59.8 Å². The third-order valence-electron chi connectivity index (χ3n) is 2.42. The Balaban J connectivity index is 2.27. The molecular formula is C14H12ClFN2O. The molecule has 1 aromatic heterocycles. The van der Waals surface area contributed by atoms with Gasteiger partial charge in [-0.05, 0) is 23.2 Å². The van der Waals surface area contributed by atoms with Crippen molar-refractivity contribution in [3.8, 4) is 11.3 Å². The lowest BCUT2D eigenvalue weighted by Gasteiger charge is -2.06. The van der Waals surface area contributed by atoms with Gasteiger partial charge in [-0.1, -0.05) is 24.3 Å². The topological polar surface area (TPSA) is 35.0 Å². The Morgan fingerprint density at radius 1 is 1.42 bits per heavy atom.